The van der Waals surface area contributed by atoms with Gasteiger partial charge in [-0.3, -0.25) is 10.1 Å². The quantitative estimate of drug-likeness (QED) is 0.164. The first-order chi connectivity index (χ1) is 5.13. The van der Waals surface area contributed by atoms with Crippen molar-refractivity contribution in [1.29, 1.82) is 0 Å². The molecule has 0 fully saturated rings. The van der Waals surface area contributed by atoms with Crippen molar-refractivity contribution in [2.24, 2.45) is 0 Å². The average Bonchev–Trinajstić information content (AvgIpc) is 1.94. The second-order valence-electron chi connectivity index (χ2n) is 1.97. The molecule has 3 N–H and O–H groups in total. The van der Waals surface area contributed by atoms with E-state index >= 15 is 0 Å². The van der Waals surface area contributed by atoms with Gasteiger partial charge in [-0.25, -0.2) is 0 Å². The number of nitrogen functional groups attached to an aromatic ring is 1. The monoisotopic (exact) mass is 162 g/mol. The SMILES string of the molecule is Nc1cccc([N+](=O)[O-])c1O.[H-].[Li+]. The molecule has 60 valence electrons. The molecule has 0 aromatic heterocycles. The Hall–Kier alpha value is -1.18. The summed E-state index contributed by atoms with van der Waals surface area (Å²) < 4.78 is 0. The van der Waals surface area contributed by atoms with E-state index in [1.54, 1.807) is 0 Å². The van der Waals surface area contributed by atoms with Crippen LogP contribution in [0.25, 0.3) is 0 Å². The van der Waals surface area contributed by atoms with Crippen LogP contribution in [0.1, 0.15) is 1.43 Å². The molecule has 0 bridgehead atoms. The summed E-state index contributed by atoms with van der Waals surface area (Å²) in [5.41, 5.74) is 4.85. The Kier molecular flexibility index (Phi) is 3.60. The second-order valence-corrected chi connectivity index (χ2v) is 1.97. The Morgan fingerprint density at radius 3 is 2.58 bits per heavy atom. The van der Waals surface area contributed by atoms with Crippen LogP contribution in [0, 0.1) is 10.1 Å². The van der Waals surface area contributed by atoms with Crippen molar-refractivity contribution in [2.75, 3.05) is 5.73 Å². The fourth-order valence-electron chi connectivity index (χ4n) is 0.696. The standard InChI is InChI=1S/C6H6N2O3.Li.H/c7-4-2-1-3-5(6(4)9)8(10)11;;/h1-3,9H,7H2;;/q;+1;-1. The van der Waals surface area contributed by atoms with Gasteiger partial charge in [0.1, 0.15) is 0 Å². The van der Waals surface area contributed by atoms with E-state index in [1.807, 2.05) is 0 Å². The molecule has 0 atom stereocenters. The number of nitrogens with zero attached hydrogens (tertiary/aromatic N) is 1. The maximum Gasteiger partial charge on any atom is 1.00 e. The van der Waals surface area contributed by atoms with Gasteiger partial charge in [0.05, 0.1) is 10.6 Å². The first-order valence-corrected chi connectivity index (χ1v) is 2.85. The number of para-hydroxylation sites is 1. The van der Waals surface area contributed by atoms with Crippen molar-refractivity contribution in [2.45, 2.75) is 0 Å². The molecule has 0 aliphatic rings. The number of aromatic hydroxyl groups is 1. The van der Waals surface area contributed by atoms with Crippen molar-refractivity contribution in [3.63, 3.8) is 0 Å². The van der Waals surface area contributed by atoms with Gasteiger partial charge in [0.25, 0.3) is 0 Å². The van der Waals surface area contributed by atoms with Gasteiger partial charge >= 0.3 is 24.5 Å². The summed E-state index contributed by atoms with van der Waals surface area (Å²) in [5, 5.41) is 19.2. The molecule has 1 rings (SSSR count). The van der Waals surface area contributed by atoms with E-state index in [1.165, 1.54) is 18.2 Å². The molecule has 0 aliphatic carbocycles. The molecule has 0 aliphatic heterocycles. The van der Waals surface area contributed by atoms with Crippen LogP contribution in [-0.2, 0) is 0 Å². The summed E-state index contributed by atoms with van der Waals surface area (Å²) in [5.74, 6) is -0.475. The number of nitrogens with two attached hydrogens (primary N) is 1. The fraction of sp³-hybridized carbons (Fsp3) is 0. The van der Waals surface area contributed by atoms with E-state index in [4.69, 9.17) is 10.8 Å². The van der Waals surface area contributed by atoms with Gasteiger partial charge in [-0.15, -0.1) is 0 Å². The molecule has 12 heavy (non-hydrogen) atoms. The van der Waals surface area contributed by atoms with E-state index in [2.05, 4.69) is 0 Å². The van der Waals surface area contributed by atoms with E-state index < -0.39 is 10.7 Å². The van der Waals surface area contributed by atoms with Crippen LogP contribution in [0.4, 0.5) is 11.4 Å². The number of rotatable bonds is 1. The van der Waals surface area contributed by atoms with Crippen LogP contribution in [-0.4, -0.2) is 10.0 Å². The predicted molar refractivity (Wildman–Crippen MR) is 40.3 cm³/mol. The summed E-state index contributed by atoms with van der Waals surface area (Å²) in [4.78, 5) is 9.48. The smallest absolute Gasteiger partial charge is 1.00 e. The zero-order chi connectivity index (χ0) is 8.43. The Morgan fingerprint density at radius 2 is 2.17 bits per heavy atom. The second kappa shape index (κ2) is 4.00. The molecule has 0 spiro atoms. The minimum Gasteiger partial charge on any atom is -1.00 e. The number of nitro groups is 1. The third-order valence-corrected chi connectivity index (χ3v) is 1.24. The van der Waals surface area contributed by atoms with Crippen molar-refractivity contribution < 1.29 is 30.3 Å². The molecule has 5 nitrogen and oxygen atoms in total. The molecular weight excluding hydrogens is 155 g/mol. The van der Waals surface area contributed by atoms with Crippen LogP contribution in [0.3, 0.4) is 0 Å². The third-order valence-electron chi connectivity index (χ3n) is 1.24. The maximum absolute atomic E-state index is 10.2. The summed E-state index contributed by atoms with van der Waals surface area (Å²) >= 11 is 0. The molecule has 6 heteroatoms. The largest absolute Gasteiger partial charge is 1.00 e. The zero-order valence-corrected chi connectivity index (χ0v) is 6.52. The molecule has 0 amide bonds. The first-order valence-electron chi connectivity index (χ1n) is 2.85. The van der Waals surface area contributed by atoms with Crippen LogP contribution in [0.5, 0.6) is 5.75 Å². The summed E-state index contributed by atoms with van der Waals surface area (Å²) in [6.07, 6.45) is 0. The molecule has 1 aromatic carbocycles. The van der Waals surface area contributed by atoms with Gasteiger partial charge < -0.3 is 12.3 Å². The number of hydrogen-bond acceptors (Lipinski definition) is 4. The van der Waals surface area contributed by atoms with Gasteiger partial charge in [-0.1, -0.05) is 6.07 Å². The van der Waals surface area contributed by atoms with Crippen LogP contribution >= 0.6 is 0 Å². The Labute approximate surface area is 82.0 Å². The fourth-order valence-corrected chi connectivity index (χ4v) is 0.696. The van der Waals surface area contributed by atoms with Gasteiger partial charge in [-0.05, 0) is 6.07 Å². The molecule has 0 heterocycles. The van der Waals surface area contributed by atoms with Crippen LogP contribution in [0.15, 0.2) is 18.2 Å². The molecule has 0 saturated carbocycles. The Morgan fingerprint density at radius 1 is 1.58 bits per heavy atom. The molecule has 0 saturated heterocycles. The first kappa shape index (κ1) is 10.8. The number of phenolic OH excluding ortho intramolecular Hbond substituents is 1. The van der Waals surface area contributed by atoms with E-state index in [0.717, 1.165) is 0 Å². The maximum atomic E-state index is 10.2. The molecule has 1 aromatic rings. The number of benzene rings is 1. The summed E-state index contributed by atoms with van der Waals surface area (Å²) in [6.45, 7) is 0. The van der Waals surface area contributed by atoms with Crippen LogP contribution in [0.2, 0.25) is 0 Å². The molecule has 0 radical (unpaired) electrons. The van der Waals surface area contributed by atoms with E-state index in [0.29, 0.717) is 0 Å². The molecule has 0 unspecified atom stereocenters. The number of phenols is 1. The Bertz CT molecular complexity index is 308. The van der Waals surface area contributed by atoms with E-state index in [-0.39, 0.29) is 31.7 Å². The van der Waals surface area contributed by atoms with Crippen molar-refractivity contribution in [3.8, 4) is 5.75 Å². The number of nitro benzene ring substituents is 1. The van der Waals surface area contributed by atoms with Gasteiger partial charge in [0.15, 0.2) is 0 Å². The van der Waals surface area contributed by atoms with Crippen molar-refractivity contribution in [1.82, 2.24) is 0 Å². The molecular formula is C6H7LiN2O3. The van der Waals surface area contributed by atoms with Crippen molar-refractivity contribution in [3.05, 3.63) is 28.3 Å². The zero-order valence-electron chi connectivity index (χ0n) is 7.52. The topological polar surface area (TPSA) is 89.4 Å². The van der Waals surface area contributed by atoms with Crippen LogP contribution < -0.4 is 24.6 Å². The minimum atomic E-state index is -0.689. The number of hydrogen-bond donors (Lipinski definition) is 2. The minimum absolute atomic E-state index is 0. The van der Waals surface area contributed by atoms with Crippen molar-refractivity contribution >= 4 is 11.4 Å². The predicted octanol–water partition coefficient (Wildman–Crippen LogP) is -2.00. The normalized spacial score (nSPS) is 8.67. The van der Waals surface area contributed by atoms with Gasteiger partial charge in [0.2, 0.25) is 5.75 Å². The average molecular weight is 162 g/mol. The number of anilines is 1. The summed E-state index contributed by atoms with van der Waals surface area (Å²) in [7, 11) is 0. The van der Waals surface area contributed by atoms with E-state index in [9.17, 15) is 10.1 Å². The third kappa shape index (κ3) is 1.91. The van der Waals surface area contributed by atoms with Gasteiger partial charge in [0, 0.05) is 6.07 Å². The Balaban J connectivity index is 0. The van der Waals surface area contributed by atoms with Gasteiger partial charge in [-0.2, -0.15) is 0 Å². The summed E-state index contributed by atoms with van der Waals surface area (Å²) in [6, 6.07) is 3.99.